The van der Waals surface area contributed by atoms with Crippen molar-refractivity contribution in [3.63, 3.8) is 0 Å². The maximum atomic E-state index is 13.0. The van der Waals surface area contributed by atoms with E-state index in [0.717, 1.165) is 5.01 Å². The van der Waals surface area contributed by atoms with Gasteiger partial charge in [-0.05, 0) is 30.3 Å². The highest BCUT2D eigenvalue weighted by Gasteiger charge is 2.15. The molecule has 0 saturated heterocycles. The van der Waals surface area contributed by atoms with E-state index in [-0.39, 0.29) is 11.4 Å². The highest BCUT2D eigenvalue weighted by molar-refractivity contribution is 6.03. The van der Waals surface area contributed by atoms with Crippen molar-refractivity contribution >= 4 is 11.6 Å². The Morgan fingerprint density at radius 2 is 2.06 bits per heavy atom. The number of hydrogen-bond donors (Lipinski definition) is 1. The zero-order chi connectivity index (χ0) is 12.3. The van der Waals surface area contributed by atoms with Crippen molar-refractivity contribution in [3.05, 3.63) is 60.2 Å². The molecule has 0 saturated carbocycles. The normalized spacial score (nSPS) is 10.0. The summed E-state index contributed by atoms with van der Waals surface area (Å²) in [5.41, 5.74) is 0.486. The smallest absolute Gasteiger partial charge is 0.265 e. The summed E-state index contributed by atoms with van der Waals surface area (Å²) in [6.45, 7) is 0. The molecule has 0 bridgehead atoms. The van der Waals surface area contributed by atoms with E-state index in [1.54, 1.807) is 24.3 Å². The van der Waals surface area contributed by atoms with Crippen molar-refractivity contribution in [1.29, 1.82) is 0 Å². The first-order chi connectivity index (χ1) is 8.18. The molecular formula is C12H10FN3O. The molecule has 0 spiro atoms. The lowest BCUT2D eigenvalue weighted by Crippen LogP contribution is -2.37. The number of carbonyl (C=O) groups excluding carboxylic acids is 1. The first-order valence-electron chi connectivity index (χ1n) is 4.94. The minimum atomic E-state index is -0.490. The van der Waals surface area contributed by atoms with E-state index >= 15 is 0 Å². The number of halogens is 1. The van der Waals surface area contributed by atoms with Crippen molar-refractivity contribution in [2.24, 2.45) is 5.84 Å². The third-order valence-electron chi connectivity index (χ3n) is 2.19. The maximum Gasteiger partial charge on any atom is 0.291 e. The van der Waals surface area contributed by atoms with Crippen LogP contribution in [0.5, 0.6) is 0 Å². The Kier molecular flexibility index (Phi) is 3.11. The van der Waals surface area contributed by atoms with Gasteiger partial charge in [0.25, 0.3) is 5.91 Å². The second-order valence-electron chi connectivity index (χ2n) is 3.37. The van der Waals surface area contributed by atoms with E-state index < -0.39 is 11.7 Å². The SMILES string of the molecule is NN(C(=O)c1ccccn1)c1cccc(F)c1. The molecule has 0 unspecified atom stereocenters. The molecule has 2 aromatic rings. The fourth-order valence-corrected chi connectivity index (χ4v) is 1.36. The zero-order valence-corrected chi connectivity index (χ0v) is 8.88. The molecule has 2 N–H and O–H groups in total. The molecule has 1 aromatic heterocycles. The summed E-state index contributed by atoms with van der Waals surface area (Å²) in [5.74, 6) is 4.67. The Bertz CT molecular complexity index is 530. The first kappa shape index (κ1) is 11.2. The van der Waals surface area contributed by atoms with E-state index in [1.165, 1.54) is 24.4 Å². The molecular weight excluding hydrogens is 221 g/mol. The Morgan fingerprint density at radius 3 is 2.71 bits per heavy atom. The fraction of sp³-hybridized carbons (Fsp3) is 0. The third-order valence-corrected chi connectivity index (χ3v) is 2.19. The Morgan fingerprint density at radius 1 is 1.24 bits per heavy atom. The lowest BCUT2D eigenvalue weighted by atomic mass is 10.2. The van der Waals surface area contributed by atoms with E-state index in [1.807, 2.05) is 0 Å². The Labute approximate surface area is 97.5 Å². The standard InChI is InChI=1S/C12H10FN3O/c13-9-4-3-5-10(8-9)16(14)12(17)11-6-1-2-7-15-11/h1-8H,14H2. The number of aromatic nitrogens is 1. The van der Waals surface area contributed by atoms with Gasteiger partial charge in [0.15, 0.2) is 0 Å². The molecule has 0 aliphatic heterocycles. The number of hydrazine groups is 1. The van der Waals surface area contributed by atoms with Gasteiger partial charge in [-0.15, -0.1) is 0 Å². The number of anilines is 1. The van der Waals surface area contributed by atoms with Gasteiger partial charge in [0.2, 0.25) is 0 Å². The molecule has 0 aliphatic rings. The lowest BCUT2D eigenvalue weighted by molar-refractivity contribution is 0.0982. The molecule has 1 heterocycles. The van der Waals surface area contributed by atoms with Gasteiger partial charge in [-0.2, -0.15) is 0 Å². The van der Waals surface area contributed by atoms with Crippen molar-refractivity contribution in [2.45, 2.75) is 0 Å². The van der Waals surface area contributed by atoms with Crippen LogP contribution in [0, 0.1) is 5.82 Å². The molecule has 0 radical (unpaired) electrons. The maximum absolute atomic E-state index is 13.0. The predicted molar refractivity (Wildman–Crippen MR) is 61.6 cm³/mol. The van der Waals surface area contributed by atoms with Crippen molar-refractivity contribution < 1.29 is 9.18 Å². The largest absolute Gasteiger partial charge is 0.291 e. The minimum absolute atomic E-state index is 0.208. The highest BCUT2D eigenvalue weighted by Crippen LogP contribution is 2.14. The second kappa shape index (κ2) is 4.71. The van der Waals surface area contributed by atoms with Gasteiger partial charge in [0.1, 0.15) is 11.5 Å². The molecule has 1 amide bonds. The summed E-state index contributed by atoms with van der Waals surface area (Å²) >= 11 is 0. The lowest BCUT2D eigenvalue weighted by Gasteiger charge is -2.15. The van der Waals surface area contributed by atoms with E-state index in [9.17, 15) is 9.18 Å². The van der Waals surface area contributed by atoms with Crippen molar-refractivity contribution in [2.75, 3.05) is 5.01 Å². The molecule has 4 nitrogen and oxygen atoms in total. The number of benzene rings is 1. The minimum Gasteiger partial charge on any atom is -0.265 e. The molecule has 1 aromatic carbocycles. The summed E-state index contributed by atoms with van der Waals surface area (Å²) < 4.78 is 13.0. The van der Waals surface area contributed by atoms with E-state index in [4.69, 9.17) is 5.84 Å². The number of nitrogens with two attached hydrogens (primary N) is 1. The van der Waals surface area contributed by atoms with Crippen LogP contribution in [0.2, 0.25) is 0 Å². The van der Waals surface area contributed by atoms with Crippen molar-refractivity contribution in [1.82, 2.24) is 4.98 Å². The topological polar surface area (TPSA) is 59.2 Å². The van der Waals surface area contributed by atoms with Gasteiger partial charge < -0.3 is 0 Å². The molecule has 2 rings (SSSR count). The van der Waals surface area contributed by atoms with Crippen LogP contribution in [0.25, 0.3) is 0 Å². The summed E-state index contributed by atoms with van der Waals surface area (Å²) in [6.07, 6.45) is 1.49. The first-order valence-corrected chi connectivity index (χ1v) is 4.94. The van der Waals surface area contributed by atoms with Crippen LogP contribution in [0.1, 0.15) is 10.5 Å². The Balaban J connectivity index is 2.27. The average Bonchev–Trinajstić information content (AvgIpc) is 2.38. The average molecular weight is 231 g/mol. The molecule has 86 valence electrons. The monoisotopic (exact) mass is 231 g/mol. The third kappa shape index (κ3) is 2.46. The van der Waals surface area contributed by atoms with Crippen LogP contribution in [-0.2, 0) is 0 Å². The molecule has 0 fully saturated rings. The molecule has 0 atom stereocenters. The van der Waals surface area contributed by atoms with Crippen molar-refractivity contribution in [3.8, 4) is 0 Å². The van der Waals surface area contributed by atoms with Crippen LogP contribution < -0.4 is 10.9 Å². The summed E-state index contributed by atoms with van der Waals surface area (Å²) in [5, 5.41) is 0.866. The summed E-state index contributed by atoms with van der Waals surface area (Å²) in [7, 11) is 0. The number of carbonyl (C=O) groups is 1. The van der Waals surface area contributed by atoms with Gasteiger partial charge in [0, 0.05) is 6.20 Å². The van der Waals surface area contributed by atoms with Gasteiger partial charge in [-0.3, -0.25) is 9.78 Å². The summed E-state index contributed by atoms with van der Waals surface area (Å²) in [4.78, 5) is 15.8. The molecule has 17 heavy (non-hydrogen) atoms. The van der Waals surface area contributed by atoms with Gasteiger partial charge >= 0.3 is 0 Å². The fourth-order valence-electron chi connectivity index (χ4n) is 1.36. The summed E-state index contributed by atoms with van der Waals surface area (Å²) in [6, 6.07) is 10.4. The van der Waals surface area contributed by atoms with Gasteiger partial charge in [-0.25, -0.2) is 15.2 Å². The quantitative estimate of drug-likeness (QED) is 0.486. The molecule has 5 heteroatoms. The Hall–Kier alpha value is -2.27. The van der Waals surface area contributed by atoms with E-state index in [0.29, 0.717) is 0 Å². The molecule has 0 aliphatic carbocycles. The van der Waals surface area contributed by atoms with Crippen LogP contribution in [0.3, 0.4) is 0 Å². The number of pyridine rings is 1. The second-order valence-corrected chi connectivity index (χ2v) is 3.37. The van der Waals surface area contributed by atoms with Gasteiger partial charge in [0.05, 0.1) is 5.69 Å². The highest BCUT2D eigenvalue weighted by atomic mass is 19.1. The van der Waals surface area contributed by atoms with Crippen LogP contribution in [0.4, 0.5) is 10.1 Å². The number of rotatable bonds is 2. The predicted octanol–water partition coefficient (Wildman–Crippen LogP) is 1.74. The van der Waals surface area contributed by atoms with Crippen LogP contribution >= 0.6 is 0 Å². The van der Waals surface area contributed by atoms with Crippen LogP contribution in [0.15, 0.2) is 48.7 Å². The van der Waals surface area contributed by atoms with Gasteiger partial charge in [-0.1, -0.05) is 12.1 Å². The zero-order valence-electron chi connectivity index (χ0n) is 8.88. The van der Waals surface area contributed by atoms with E-state index in [2.05, 4.69) is 4.98 Å². The number of hydrogen-bond acceptors (Lipinski definition) is 3. The number of amides is 1. The van der Waals surface area contributed by atoms with Crippen LogP contribution in [-0.4, -0.2) is 10.9 Å². The number of nitrogens with zero attached hydrogens (tertiary/aromatic N) is 2.